The third-order valence-electron chi connectivity index (χ3n) is 6.37. The van der Waals surface area contributed by atoms with Crippen LogP contribution in [-0.2, 0) is 9.47 Å². The summed E-state index contributed by atoms with van der Waals surface area (Å²) in [5.74, 6) is 5.03. The Kier molecular flexibility index (Phi) is 23.0. The molecule has 0 saturated carbocycles. The largest absolute Gasteiger partial charge is 1.00 e. The summed E-state index contributed by atoms with van der Waals surface area (Å²) in [4.78, 5) is 0. The molecule has 0 aromatic heterocycles. The maximum atomic E-state index is 9.14. The average Bonchev–Trinajstić information content (AvgIpc) is 4.04. The molecule has 0 spiro atoms. The molecular formula is C34H44ClI2LiO9. The smallest absolute Gasteiger partial charge is 0.507 e. The van der Waals surface area contributed by atoms with Crippen LogP contribution in [-0.4, -0.2) is 82.7 Å². The number of ether oxygens (including phenoxy) is 7. The summed E-state index contributed by atoms with van der Waals surface area (Å²) < 4.78 is 37.8. The first-order valence-electron chi connectivity index (χ1n) is 14.7. The Morgan fingerprint density at radius 1 is 0.851 bits per heavy atom. The molecule has 2 saturated heterocycles. The van der Waals surface area contributed by atoms with Crippen LogP contribution in [0.3, 0.4) is 0 Å². The average molecular weight is 893 g/mol. The molecule has 256 valence electrons. The number of hydrogen-bond donors (Lipinski definition) is 2. The standard InChI is InChI=1S/C10H11IO3.C10H12O3.C7H7IO2.C4H9.C3H5ClO.Li/c1-12-7-2-3-9(11)10(4-7)14-6-8-5-13-8;1-12-8-2-3-9-7(5-11)6-13-10(9)4-8;1-10-5-2-3-6(8)7(9)4-5;1-3-4-2;4-1-3-2-5-3;/h2-4,8H,5-6H2,1H3;2-4,7,11H,5-6H2,1H3;2-4,9H,1H3;1,3-4H2,2H3;3H,1-2H2;/q;;;-1;;+1. The van der Waals surface area contributed by atoms with Crippen molar-refractivity contribution in [3.63, 3.8) is 0 Å². The maximum absolute atomic E-state index is 9.14. The summed E-state index contributed by atoms with van der Waals surface area (Å²) in [7, 11) is 4.85. The van der Waals surface area contributed by atoms with Gasteiger partial charge in [0.1, 0.15) is 47.2 Å². The van der Waals surface area contributed by atoms with Crippen molar-refractivity contribution in [2.75, 3.05) is 60.2 Å². The van der Waals surface area contributed by atoms with Crippen LogP contribution in [0.5, 0.6) is 34.5 Å². The van der Waals surface area contributed by atoms with E-state index in [9.17, 15) is 0 Å². The predicted octanol–water partition coefficient (Wildman–Crippen LogP) is 4.49. The maximum Gasteiger partial charge on any atom is 1.00 e. The van der Waals surface area contributed by atoms with Gasteiger partial charge >= 0.3 is 18.9 Å². The van der Waals surface area contributed by atoms with Gasteiger partial charge in [-0.05, 0) is 75.5 Å². The molecule has 2 fully saturated rings. The van der Waals surface area contributed by atoms with Crippen molar-refractivity contribution in [1.82, 2.24) is 0 Å². The van der Waals surface area contributed by atoms with Crippen LogP contribution >= 0.6 is 56.8 Å². The minimum absolute atomic E-state index is 0. The first-order chi connectivity index (χ1) is 22.2. The third kappa shape index (κ3) is 17.3. The van der Waals surface area contributed by atoms with Crippen LogP contribution < -0.4 is 42.5 Å². The quantitative estimate of drug-likeness (QED) is 0.106. The van der Waals surface area contributed by atoms with Gasteiger partial charge in [0.15, 0.2) is 0 Å². The van der Waals surface area contributed by atoms with Gasteiger partial charge < -0.3 is 50.3 Å². The first kappa shape index (κ1) is 43.7. The van der Waals surface area contributed by atoms with E-state index in [0.717, 1.165) is 55.3 Å². The van der Waals surface area contributed by atoms with E-state index in [4.69, 9.17) is 55.0 Å². The minimum Gasteiger partial charge on any atom is -0.507 e. The second-order valence-electron chi connectivity index (χ2n) is 9.94. The summed E-state index contributed by atoms with van der Waals surface area (Å²) in [6.07, 6.45) is 2.97. The van der Waals surface area contributed by atoms with E-state index in [-0.39, 0.29) is 43.2 Å². The molecule has 9 nitrogen and oxygen atoms in total. The molecule has 0 bridgehead atoms. The van der Waals surface area contributed by atoms with E-state index in [1.807, 2.05) is 42.5 Å². The van der Waals surface area contributed by atoms with E-state index in [0.29, 0.717) is 30.9 Å². The number of benzene rings is 3. The number of alkyl halides is 1. The number of fused-ring (bicyclic) bond motifs is 1. The minimum atomic E-state index is 0. The Labute approximate surface area is 323 Å². The molecular weight excluding hydrogens is 849 g/mol. The number of rotatable bonds is 9. The first-order valence-corrected chi connectivity index (χ1v) is 17.4. The van der Waals surface area contributed by atoms with Gasteiger partial charge in [0.2, 0.25) is 0 Å². The summed E-state index contributed by atoms with van der Waals surface area (Å²) >= 11 is 9.56. The fourth-order valence-electron chi connectivity index (χ4n) is 3.38. The van der Waals surface area contributed by atoms with Crippen LogP contribution in [0.2, 0.25) is 0 Å². The predicted molar refractivity (Wildman–Crippen MR) is 197 cm³/mol. The Bertz CT molecular complexity index is 1290. The van der Waals surface area contributed by atoms with Crippen LogP contribution in [0.15, 0.2) is 54.6 Å². The monoisotopic (exact) mass is 892 g/mol. The van der Waals surface area contributed by atoms with Crippen LogP contribution in [0.4, 0.5) is 0 Å². The normalized spacial score (nSPS) is 17.3. The Morgan fingerprint density at radius 3 is 1.85 bits per heavy atom. The second-order valence-corrected chi connectivity index (χ2v) is 12.6. The molecule has 0 aliphatic carbocycles. The molecule has 0 radical (unpaired) electrons. The molecule has 2 N–H and O–H groups in total. The zero-order valence-corrected chi connectivity index (χ0v) is 32.7. The van der Waals surface area contributed by atoms with Gasteiger partial charge in [-0.2, -0.15) is 6.42 Å². The van der Waals surface area contributed by atoms with Gasteiger partial charge in [-0.1, -0.05) is 19.4 Å². The van der Waals surface area contributed by atoms with Crippen LogP contribution in [0, 0.1) is 14.1 Å². The van der Waals surface area contributed by atoms with Crippen molar-refractivity contribution in [1.29, 1.82) is 0 Å². The number of phenolic OH excluding ortho intramolecular Hbond substituents is 1. The van der Waals surface area contributed by atoms with Crippen LogP contribution in [0.25, 0.3) is 0 Å². The van der Waals surface area contributed by atoms with Crippen molar-refractivity contribution in [2.24, 2.45) is 0 Å². The van der Waals surface area contributed by atoms with E-state index < -0.39 is 0 Å². The molecule has 6 rings (SSSR count). The molecule has 3 aliphatic heterocycles. The van der Waals surface area contributed by atoms with E-state index in [2.05, 4.69) is 59.0 Å². The fraction of sp³-hybridized carbons (Fsp3) is 0.441. The van der Waals surface area contributed by atoms with Crippen LogP contribution in [0.1, 0.15) is 31.2 Å². The molecule has 3 aromatic carbocycles. The summed E-state index contributed by atoms with van der Waals surface area (Å²) in [5.41, 5.74) is 1.07. The molecule has 3 heterocycles. The van der Waals surface area contributed by atoms with Gasteiger partial charge in [0.05, 0.1) is 66.9 Å². The number of unbranched alkanes of at least 4 members (excludes halogenated alkanes) is 1. The second kappa shape index (κ2) is 24.8. The number of epoxide rings is 2. The molecule has 3 unspecified atom stereocenters. The van der Waals surface area contributed by atoms with Gasteiger partial charge in [0.25, 0.3) is 0 Å². The number of aromatic hydroxyl groups is 1. The van der Waals surface area contributed by atoms with Crippen molar-refractivity contribution < 1.29 is 62.2 Å². The molecule has 47 heavy (non-hydrogen) atoms. The van der Waals surface area contributed by atoms with Gasteiger partial charge in [-0.15, -0.1) is 11.6 Å². The molecule has 3 aromatic rings. The number of halogens is 3. The summed E-state index contributed by atoms with van der Waals surface area (Å²) in [5, 5.41) is 18.2. The topological polar surface area (TPSA) is 112 Å². The number of hydrogen-bond acceptors (Lipinski definition) is 9. The zero-order chi connectivity index (χ0) is 33.9. The number of aliphatic hydroxyl groups excluding tert-OH is 1. The van der Waals surface area contributed by atoms with Gasteiger partial charge in [0, 0.05) is 29.7 Å². The van der Waals surface area contributed by atoms with Crippen molar-refractivity contribution >= 4 is 56.8 Å². The van der Waals surface area contributed by atoms with Crippen molar-refractivity contribution in [3.8, 4) is 34.5 Å². The molecule has 0 amide bonds. The van der Waals surface area contributed by atoms with E-state index >= 15 is 0 Å². The summed E-state index contributed by atoms with van der Waals surface area (Å²) in [6, 6.07) is 16.7. The van der Waals surface area contributed by atoms with Gasteiger partial charge in [-0.25, -0.2) is 0 Å². The Morgan fingerprint density at radius 2 is 1.38 bits per heavy atom. The Balaban J connectivity index is 0.000000311. The zero-order valence-electron chi connectivity index (χ0n) is 27.7. The number of aliphatic hydroxyl groups is 1. The fourth-order valence-corrected chi connectivity index (χ4v) is 4.38. The Hall–Kier alpha value is -1.31. The molecule has 3 atom stereocenters. The van der Waals surface area contributed by atoms with E-state index in [1.165, 1.54) is 6.42 Å². The molecule has 13 heteroatoms. The van der Waals surface area contributed by atoms with Crippen molar-refractivity contribution in [3.05, 3.63) is 74.2 Å². The SMILES string of the molecule is COc1ccc(I)c(O)c1.COc1ccc(I)c(OCC2CO2)c1.COc1ccc2c(c1)OCC2CO.ClCC1CO1.[CH2-]CCC.[Li+]. The third-order valence-corrected chi connectivity index (χ3v) is 8.52. The van der Waals surface area contributed by atoms with E-state index in [1.54, 1.807) is 33.5 Å². The molecule has 3 aliphatic rings. The number of phenols is 1. The number of methoxy groups -OCH3 is 3. The summed E-state index contributed by atoms with van der Waals surface area (Å²) in [6.45, 7) is 8.76. The van der Waals surface area contributed by atoms with Gasteiger partial charge in [-0.3, -0.25) is 0 Å². The van der Waals surface area contributed by atoms with Crippen molar-refractivity contribution in [2.45, 2.75) is 37.9 Å².